The number of alkyl halides is 6. The summed E-state index contributed by atoms with van der Waals surface area (Å²) in [6.45, 7) is 2.38. The van der Waals surface area contributed by atoms with Crippen LogP contribution in [0.15, 0.2) is 54.9 Å². The summed E-state index contributed by atoms with van der Waals surface area (Å²) < 4.78 is 84.6. The predicted octanol–water partition coefficient (Wildman–Crippen LogP) is 6.51. The molecule has 0 amide bonds. The molecule has 3 aromatic rings. The molecule has 2 aliphatic rings. The van der Waals surface area contributed by atoms with Gasteiger partial charge in [0.15, 0.2) is 0 Å². The van der Waals surface area contributed by atoms with Crippen LogP contribution in [-0.2, 0) is 12.4 Å². The number of halogens is 6. The second-order valence-electron chi connectivity index (χ2n) is 10.3. The number of ether oxygens (including phenoxy) is 1. The number of nitriles is 1. The Labute approximate surface area is 238 Å². The van der Waals surface area contributed by atoms with E-state index in [-0.39, 0.29) is 12.1 Å². The van der Waals surface area contributed by atoms with Crippen molar-refractivity contribution in [2.45, 2.75) is 50.2 Å². The third-order valence-electron chi connectivity index (χ3n) is 7.51. The average molecular weight is 591 g/mol. The molecule has 222 valence electrons. The van der Waals surface area contributed by atoms with E-state index in [4.69, 9.17) is 10.00 Å². The number of hydrogen-bond acceptors (Lipinski definition) is 7. The molecule has 1 saturated heterocycles. The number of nitrogens with zero attached hydrogens (tertiary/aromatic N) is 5. The summed E-state index contributed by atoms with van der Waals surface area (Å²) in [4.78, 5) is 12.5. The molecule has 42 heavy (non-hydrogen) atoms. The molecular formula is C29H28F6N6O. The zero-order chi connectivity index (χ0) is 29.9. The average Bonchev–Trinajstić information content (AvgIpc) is 2.97. The Hall–Kier alpha value is -4.21. The molecule has 13 heteroatoms. The maximum absolute atomic E-state index is 13.3. The van der Waals surface area contributed by atoms with Gasteiger partial charge in [-0.3, -0.25) is 0 Å². The Kier molecular flexibility index (Phi) is 8.34. The largest absolute Gasteiger partial charge is 0.490 e. The van der Waals surface area contributed by atoms with E-state index in [1.807, 2.05) is 11.0 Å². The van der Waals surface area contributed by atoms with Crippen molar-refractivity contribution >= 4 is 17.3 Å². The monoisotopic (exact) mass is 590 g/mol. The third kappa shape index (κ3) is 6.98. The zero-order valence-corrected chi connectivity index (χ0v) is 22.4. The molecule has 1 aromatic carbocycles. The number of rotatable bonds is 6. The molecule has 2 fully saturated rings. The quantitative estimate of drug-likeness (QED) is 0.328. The molecule has 5 rings (SSSR count). The number of piperazine rings is 1. The first kappa shape index (κ1) is 29.3. The smallest absolute Gasteiger partial charge is 0.417 e. The van der Waals surface area contributed by atoms with E-state index in [0.29, 0.717) is 56.3 Å². The maximum atomic E-state index is 13.3. The fourth-order valence-electron chi connectivity index (χ4n) is 5.27. The molecule has 0 atom stereocenters. The highest BCUT2D eigenvalue weighted by atomic mass is 19.4. The van der Waals surface area contributed by atoms with Crippen LogP contribution in [-0.4, -0.2) is 48.3 Å². The van der Waals surface area contributed by atoms with Crippen LogP contribution in [0.2, 0.25) is 0 Å². The van der Waals surface area contributed by atoms with Crippen molar-refractivity contribution in [3.05, 3.63) is 71.5 Å². The summed E-state index contributed by atoms with van der Waals surface area (Å²) in [6, 6.07) is 11.3. The first-order valence-electron chi connectivity index (χ1n) is 13.5. The number of nitrogens with one attached hydrogen (secondary N) is 1. The van der Waals surface area contributed by atoms with Crippen molar-refractivity contribution in [1.82, 2.24) is 9.97 Å². The van der Waals surface area contributed by atoms with Crippen molar-refractivity contribution in [3.8, 4) is 11.8 Å². The Bertz CT molecular complexity index is 1410. The van der Waals surface area contributed by atoms with Crippen molar-refractivity contribution in [1.29, 1.82) is 5.26 Å². The van der Waals surface area contributed by atoms with E-state index >= 15 is 0 Å². The predicted molar refractivity (Wildman–Crippen MR) is 144 cm³/mol. The first-order valence-corrected chi connectivity index (χ1v) is 13.5. The number of pyridine rings is 2. The molecule has 0 spiro atoms. The van der Waals surface area contributed by atoms with Gasteiger partial charge < -0.3 is 19.9 Å². The molecule has 2 aromatic heterocycles. The van der Waals surface area contributed by atoms with E-state index in [9.17, 15) is 26.3 Å². The lowest BCUT2D eigenvalue weighted by Gasteiger charge is -2.36. The second-order valence-corrected chi connectivity index (χ2v) is 10.3. The Morgan fingerprint density at radius 3 is 2.10 bits per heavy atom. The van der Waals surface area contributed by atoms with Gasteiger partial charge in [-0.2, -0.15) is 31.6 Å². The second kappa shape index (κ2) is 12.0. The van der Waals surface area contributed by atoms with Gasteiger partial charge in [-0.25, -0.2) is 9.97 Å². The Balaban J connectivity index is 1.11. The third-order valence-corrected chi connectivity index (χ3v) is 7.51. The molecule has 1 saturated carbocycles. The van der Waals surface area contributed by atoms with E-state index in [2.05, 4.69) is 20.2 Å². The maximum Gasteiger partial charge on any atom is 0.417 e. The number of anilines is 3. The lowest BCUT2D eigenvalue weighted by atomic mass is 9.92. The van der Waals surface area contributed by atoms with Crippen molar-refractivity contribution in [3.63, 3.8) is 0 Å². The first-order chi connectivity index (χ1) is 20.0. The molecule has 7 nitrogen and oxygen atoms in total. The number of hydrogen-bond donors (Lipinski definition) is 1. The van der Waals surface area contributed by atoms with E-state index in [1.54, 1.807) is 18.3 Å². The summed E-state index contributed by atoms with van der Waals surface area (Å²) in [5.74, 6) is 1.91. The van der Waals surface area contributed by atoms with Crippen LogP contribution in [0.1, 0.15) is 42.4 Å². The minimum absolute atomic E-state index is 0.0117. The molecule has 3 heterocycles. The summed E-state index contributed by atoms with van der Waals surface area (Å²) in [5, 5.41) is 12.2. The standard InChI is InChI=1S/C29H28F6N6O/c30-28(31,32)20-2-8-26(38-18-20)40-11-13-41(14-12-40)27-16-24(9-10-37-27)42-23-6-4-21(5-7-23)39-22-3-1-19(17-36)25(15-22)29(33,34)35/h1-3,8-10,15-16,18,21,23,39H,4-7,11-14H2/t21-,23-. The van der Waals surface area contributed by atoms with Gasteiger partial charge in [0.05, 0.1) is 28.9 Å². The van der Waals surface area contributed by atoms with Gasteiger partial charge in [0.2, 0.25) is 0 Å². The van der Waals surface area contributed by atoms with Gasteiger partial charge in [0, 0.05) is 56.4 Å². The fourth-order valence-corrected chi connectivity index (χ4v) is 5.27. The molecule has 0 radical (unpaired) electrons. The van der Waals surface area contributed by atoms with Gasteiger partial charge in [-0.15, -0.1) is 0 Å². The molecule has 1 aliphatic heterocycles. The summed E-state index contributed by atoms with van der Waals surface area (Å²) >= 11 is 0. The van der Waals surface area contributed by atoms with Crippen LogP contribution >= 0.6 is 0 Å². The topological polar surface area (TPSA) is 77.3 Å². The van der Waals surface area contributed by atoms with Gasteiger partial charge in [-0.1, -0.05) is 0 Å². The van der Waals surface area contributed by atoms with Gasteiger partial charge >= 0.3 is 12.4 Å². The molecule has 1 N–H and O–H groups in total. The van der Waals surface area contributed by atoms with Crippen LogP contribution < -0.4 is 19.9 Å². The molecule has 1 aliphatic carbocycles. The molecular weight excluding hydrogens is 562 g/mol. The van der Waals surface area contributed by atoms with E-state index in [0.717, 1.165) is 37.0 Å². The summed E-state index contributed by atoms with van der Waals surface area (Å²) in [7, 11) is 0. The number of benzene rings is 1. The highest BCUT2D eigenvalue weighted by Crippen LogP contribution is 2.35. The SMILES string of the molecule is N#Cc1ccc(N[C@H]2CC[C@H](Oc3ccnc(N4CCN(c5ccc(C(F)(F)F)cn5)CC4)c3)CC2)cc1C(F)(F)F. The van der Waals surface area contributed by atoms with Crippen LogP contribution in [0.3, 0.4) is 0 Å². The summed E-state index contributed by atoms with van der Waals surface area (Å²) in [6.07, 6.45) is -3.69. The van der Waals surface area contributed by atoms with Crippen molar-refractivity contribution in [2.24, 2.45) is 0 Å². The highest BCUT2D eigenvalue weighted by molar-refractivity contribution is 5.53. The van der Waals surface area contributed by atoms with E-state index in [1.165, 1.54) is 18.2 Å². The zero-order valence-electron chi connectivity index (χ0n) is 22.4. The van der Waals surface area contributed by atoms with E-state index < -0.39 is 29.0 Å². The van der Waals surface area contributed by atoms with Crippen molar-refractivity contribution in [2.75, 3.05) is 41.3 Å². The fraction of sp³-hybridized carbons (Fsp3) is 0.414. The van der Waals surface area contributed by atoms with Gasteiger partial charge in [-0.05, 0) is 62.1 Å². The molecule has 0 bridgehead atoms. The van der Waals surface area contributed by atoms with Gasteiger partial charge in [0.1, 0.15) is 17.4 Å². The minimum atomic E-state index is -4.60. The summed E-state index contributed by atoms with van der Waals surface area (Å²) in [5.41, 5.74) is -1.79. The lowest BCUT2D eigenvalue weighted by Crippen LogP contribution is -2.47. The van der Waals surface area contributed by atoms with Crippen LogP contribution in [0.5, 0.6) is 5.75 Å². The van der Waals surface area contributed by atoms with Crippen LogP contribution in [0, 0.1) is 11.3 Å². The van der Waals surface area contributed by atoms with Crippen molar-refractivity contribution < 1.29 is 31.1 Å². The number of aromatic nitrogens is 2. The van der Waals surface area contributed by atoms with Crippen LogP contribution in [0.4, 0.5) is 43.7 Å². The van der Waals surface area contributed by atoms with Crippen LogP contribution in [0.25, 0.3) is 0 Å². The Morgan fingerprint density at radius 1 is 0.810 bits per heavy atom. The Morgan fingerprint density at radius 2 is 1.50 bits per heavy atom. The minimum Gasteiger partial charge on any atom is -0.490 e. The van der Waals surface area contributed by atoms with Gasteiger partial charge in [0.25, 0.3) is 0 Å². The normalized spacial score (nSPS) is 19.7. The highest BCUT2D eigenvalue weighted by Gasteiger charge is 2.34. The lowest BCUT2D eigenvalue weighted by molar-refractivity contribution is -0.138. The molecule has 0 unspecified atom stereocenters.